The average molecular weight is 336 g/mol. The molecule has 0 aliphatic carbocycles. The molecule has 0 radical (unpaired) electrons. The van der Waals surface area contributed by atoms with Crippen LogP contribution in [0.15, 0.2) is 36.9 Å². The highest BCUT2D eigenvalue weighted by molar-refractivity contribution is 5.89. The minimum Gasteiger partial charge on any atom is -0.494 e. The Hall–Kier alpha value is -2.30. The molecule has 0 aliphatic rings. The van der Waals surface area contributed by atoms with Crippen LogP contribution >= 0.6 is 0 Å². The van der Waals surface area contributed by atoms with Crippen molar-refractivity contribution in [1.82, 2.24) is 0 Å². The van der Waals surface area contributed by atoms with Crippen LogP contribution in [-0.2, 0) is 14.3 Å². The van der Waals surface area contributed by atoms with Crippen molar-refractivity contribution in [3.05, 3.63) is 42.5 Å². The Kier molecular flexibility index (Phi) is 11.0. The maximum absolute atomic E-state index is 11.8. The van der Waals surface area contributed by atoms with Crippen LogP contribution in [0.2, 0.25) is 0 Å². The summed E-state index contributed by atoms with van der Waals surface area (Å²) in [4.78, 5) is 22.7. The van der Waals surface area contributed by atoms with Crippen LogP contribution in [0.4, 0.5) is 0 Å². The number of rotatable bonds is 10. The van der Waals surface area contributed by atoms with Gasteiger partial charge in [-0.25, -0.2) is 9.59 Å². The minimum absolute atomic E-state index is 0. The van der Waals surface area contributed by atoms with Crippen molar-refractivity contribution in [3.63, 3.8) is 0 Å². The highest BCUT2D eigenvalue weighted by atomic mass is 16.5. The topological polar surface area (TPSA) is 61.8 Å². The molecule has 1 rings (SSSR count). The average Bonchev–Trinajstić information content (AvgIpc) is 2.57. The maximum atomic E-state index is 11.8. The van der Waals surface area contributed by atoms with E-state index < -0.39 is 5.97 Å². The van der Waals surface area contributed by atoms with Crippen LogP contribution in [0.25, 0.3) is 0 Å². The molecule has 0 aromatic heterocycles. The normalized spacial score (nSPS) is 10.9. The second-order valence-corrected chi connectivity index (χ2v) is 5.08. The van der Waals surface area contributed by atoms with Gasteiger partial charge in [0, 0.05) is 6.08 Å². The summed E-state index contributed by atoms with van der Waals surface area (Å²) in [6.07, 6.45) is 3.33. The summed E-state index contributed by atoms with van der Waals surface area (Å²) in [7, 11) is 0. The first-order valence-corrected chi connectivity index (χ1v) is 7.79. The fraction of sp³-hybridized carbons (Fsp3) is 0.474. The molecule has 0 spiro atoms. The molecule has 0 bridgehead atoms. The van der Waals surface area contributed by atoms with Crippen molar-refractivity contribution in [3.8, 4) is 5.75 Å². The molecular weight excluding hydrogens is 308 g/mol. The quantitative estimate of drug-likeness (QED) is 0.365. The molecule has 0 N–H and O–H groups in total. The van der Waals surface area contributed by atoms with Crippen molar-refractivity contribution in [2.24, 2.45) is 0 Å². The molecule has 0 heterocycles. The van der Waals surface area contributed by atoms with Crippen LogP contribution in [-0.4, -0.2) is 31.3 Å². The standard InChI is InChI=1S/C18H24O5.CH4/c1-4-14(3)23-18(20)15-8-10-16(11-9-15)21-12-6-7-13-22-17(19)5-2;/h5,8-11,14H,2,4,6-7,12-13H2,1,3H3;1H4. The predicted molar refractivity (Wildman–Crippen MR) is 94.2 cm³/mol. The molecule has 1 aromatic rings. The van der Waals surface area contributed by atoms with Gasteiger partial charge in [-0.1, -0.05) is 20.9 Å². The number of benzene rings is 1. The van der Waals surface area contributed by atoms with Gasteiger partial charge < -0.3 is 14.2 Å². The van der Waals surface area contributed by atoms with Crippen molar-refractivity contribution in [1.29, 1.82) is 0 Å². The summed E-state index contributed by atoms with van der Waals surface area (Å²) in [6, 6.07) is 6.85. The van der Waals surface area contributed by atoms with Crippen molar-refractivity contribution in [2.75, 3.05) is 13.2 Å². The summed E-state index contributed by atoms with van der Waals surface area (Å²) in [5.41, 5.74) is 0.508. The van der Waals surface area contributed by atoms with Crippen LogP contribution in [0.1, 0.15) is 50.9 Å². The Bertz CT molecular complexity index is 507. The second-order valence-electron chi connectivity index (χ2n) is 5.08. The molecule has 5 nitrogen and oxygen atoms in total. The minimum atomic E-state index is -0.411. The molecular formula is C19H28O5. The number of ether oxygens (including phenoxy) is 3. The Morgan fingerprint density at radius 3 is 2.38 bits per heavy atom. The van der Waals surface area contributed by atoms with E-state index in [2.05, 4.69) is 6.58 Å². The van der Waals surface area contributed by atoms with Gasteiger partial charge in [0.25, 0.3) is 0 Å². The lowest BCUT2D eigenvalue weighted by molar-refractivity contribution is -0.137. The van der Waals surface area contributed by atoms with Gasteiger partial charge in [0.15, 0.2) is 0 Å². The van der Waals surface area contributed by atoms with Crippen molar-refractivity contribution in [2.45, 2.75) is 46.6 Å². The van der Waals surface area contributed by atoms with Crippen LogP contribution < -0.4 is 4.74 Å². The summed E-state index contributed by atoms with van der Waals surface area (Å²) >= 11 is 0. The summed E-state index contributed by atoms with van der Waals surface area (Å²) in [6.45, 7) is 8.02. The molecule has 24 heavy (non-hydrogen) atoms. The smallest absolute Gasteiger partial charge is 0.338 e. The van der Waals surface area contributed by atoms with Gasteiger partial charge in [-0.3, -0.25) is 0 Å². The highest BCUT2D eigenvalue weighted by Crippen LogP contribution is 2.14. The zero-order valence-electron chi connectivity index (χ0n) is 13.7. The Morgan fingerprint density at radius 1 is 1.17 bits per heavy atom. The lowest BCUT2D eigenvalue weighted by Gasteiger charge is -2.11. The summed E-state index contributed by atoms with van der Waals surface area (Å²) < 4.78 is 15.7. The van der Waals surface area contributed by atoms with E-state index in [0.717, 1.165) is 25.3 Å². The SMILES string of the molecule is C.C=CC(=O)OCCCCOc1ccc(C(=O)OC(C)CC)cc1. The lowest BCUT2D eigenvalue weighted by atomic mass is 10.2. The van der Waals surface area contributed by atoms with Gasteiger partial charge in [-0.15, -0.1) is 0 Å². The number of carbonyl (C=O) groups is 2. The predicted octanol–water partition coefficient (Wildman–Crippen LogP) is 4.17. The number of unbranched alkanes of at least 4 members (excludes halogenated alkanes) is 1. The van der Waals surface area contributed by atoms with Gasteiger partial charge >= 0.3 is 11.9 Å². The molecule has 0 saturated heterocycles. The van der Waals surface area contributed by atoms with Gasteiger partial charge in [-0.2, -0.15) is 0 Å². The van der Waals surface area contributed by atoms with E-state index >= 15 is 0 Å². The lowest BCUT2D eigenvalue weighted by Crippen LogP contribution is -2.13. The fourth-order valence-electron chi connectivity index (χ4n) is 1.65. The second kappa shape index (κ2) is 12.2. The third kappa shape index (κ3) is 8.36. The Balaban J connectivity index is 0.00000529. The van der Waals surface area contributed by atoms with Crippen LogP contribution in [0.5, 0.6) is 5.75 Å². The van der Waals surface area contributed by atoms with E-state index in [4.69, 9.17) is 14.2 Å². The molecule has 0 amide bonds. The zero-order valence-corrected chi connectivity index (χ0v) is 13.7. The first kappa shape index (κ1) is 21.7. The monoisotopic (exact) mass is 336 g/mol. The Morgan fingerprint density at radius 2 is 1.79 bits per heavy atom. The van der Waals surface area contributed by atoms with Crippen molar-refractivity contribution < 1.29 is 23.8 Å². The molecule has 0 saturated carbocycles. The zero-order chi connectivity index (χ0) is 17.1. The first-order valence-electron chi connectivity index (χ1n) is 7.79. The van der Waals surface area contributed by atoms with E-state index in [-0.39, 0.29) is 19.5 Å². The van der Waals surface area contributed by atoms with E-state index in [1.807, 2.05) is 13.8 Å². The number of hydrogen-bond donors (Lipinski definition) is 0. The van der Waals surface area contributed by atoms with E-state index in [1.54, 1.807) is 24.3 Å². The maximum Gasteiger partial charge on any atom is 0.338 e. The summed E-state index contributed by atoms with van der Waals surface area (Å²) in [5.74, 6) is -0.0473. The molecule has 1 atom stereocenters. The fourth-order valence-corrected chi connectivity index (χ4v) is 1.65. The highest BCUT2D eigenvalue weighted by Gasteiger charge is 2.10. The summed E-state index contributed by atoms with van der Waals surface area (Å²) in [5, 5.41) is 0. The largest absolute Gasteiger partial charge is 0.494 e. The molecule has 5 heteroatoms. The van der Waals surface area contributed by atoms with Gasteiger partial charge in [0.05, 0.1) is 24.9 Å². The van der Waals surface area contributed by atoms with E-state index in [9.17, 15) is 9.59 Å². The third-order valence-electron chi connectivity index (χ3n) is 3.19. The number of esters is 2. The van der Waals surface area contributed by atoms with Gasteiger partial charge in [0.1, 0.15) is 5.75 Å². The Labute approximate surface area is 144 Å². The molecule has 0 aliphatic heterocycles. The van der Waals surface area contributed by atoms with Gasteiger partial charge in [0.2, 0.25) is 0 Å². The number of carbonyl (C=O) groups excluding carboxylic acids is 2. The first-order chi connectivity index (χ1) is 11.1. The van der Waals surface area contributed by atoms with Crippen molar-refractivity contribution >= 4 is 11.9 Å². The van der Waals surface area contributed by atoms with Crippen LogP contribution in [0.3, 0.4) is 0 Å². The molecule has 1 aromatic carbocycles. The molecule has 134 valence electrons. The number of hydrogen-bond acceptors (Lipinski definition) is 5. The third-order valence-corrected chi connectivity index (χ3v) is 3.19. The molecule has 1 unspecified atom stereocenters. The van der Waals surface area contributed by atoms with E-state index in [1.165, 1.54) is 0 Å². The van der Waals surface area contributed by atoms with Crippen LogP contribution in [0, 0.1) is 0 Å². The van der Waals surface area contributed by atoms with E-state index in [0.29, 0.717) is 24.5 Å². The van der Waals surface area contributed by atoms with Gasteiger partial charge in [-0.05, 0) is 50.5 Å². The molecule has 0 fully saturated rings.